The molecule has 1 aliphatic rings. The zero-order chi connectivity index (χ0) is 11.8. The molecule has 0 bridgehead atoms. The maximum Gasteiger partial charge on any atom is 0.141 e. The van der Waals surface area contributed by atoms with Crippen LogP contribution in [0, 0.1) is 5.82 Å². The second-order valence-corrected chi connectivity index (χ2v) is 4.55. The van der Waals surface area contributed by atoms with Crippen molar-refractivity contribution in [1.82, 2.24) is 14.9 Å². The largest absolute Gasteiger partial charge is 0.315 e. The minimum Gasteiger partial charge on any atom is -0.315 e. The molecule has 0 radical (unpaired) electrons. The molecule has 1 aliphatic heterocycles. The van der Waals surface area contributed by atoms with Gasteiger partial charge in [0, 0.05) is 36.6 Å². The third-order valence-electron chi connectivity index (χ3n) is 3.05. The van der Waals surface area contributed by atoms with Gasteiger partial charge in [0.2, 0.25) is 0 Å². The van der Waals surface area contributed by atoms with Crippen LogP contribution in [0.15, 0.2) is 30.7 Å². The predicted octanol–water partition coefficient (Wildman–Crippen LogP) is 2.35. The van der Waals surface area contributed by atoms with E-state index < -0.39 is 5.82 Å². The molecule has 3 nitrogen and oxygen atoms in total. The summed E-state index contributed by atoms with van der Waals surface area (Å²) in [4.78, 5) is 4.15. The molecule has 0 unspecified atom stereocenters. The van der Waals surface area contributed by atoms with E-state index in [0.29, 0.717) is 5.92 Å². The Kier molecular flexibility index (Phi) is 2.61. The molecule has 2 heterocycles. The Morgan fingerprint density at radius 3 is 2.88 bits per heavy atom. The Balaban J connectivity index is 2.02. The van der Waals surface area contributed by atoms with Crippen LogP contribution in [0.25, 0.3) is 5.69 Å². The quantitative estimate of drug-likeness (QED) is 0.888. The SMILES string of the molecule is Fc1ccc(-n2cncc2C2CNC2)cc1Cl. The number of nitrogens with one attached hydrogen (secondary N) is 1. The third-order valence-corrected chi connectivity index (χ3v) is 3.34. The topological polar surface area (TPSA) is 29.9 Å². The van der Waals surface area contributed by atoms with Gasteiger partial charge >= 0.3 is 0 Å². The van der Waals surface area contributed by atoms with Crippen molar-refractivity contribution >= 4 is 11.6 Å². The summed E-state index contributed by atoms with van der Waals surface area (Å²) in [6.45, 7) is 1.92. The van der Waals surface area contributed by atoms with Crippen molar-refractivity contribution in [3.05, 3.63) is 47.3 Å². The van der Waals surface area contributed by atoms with E-state index in [1.165, 1.54) is 6.07 Å². The van der Waals surface area contributed by atoms with Gasteiger partial charge < -0.3 is 9.88 Å². The van der Waals surface area contributed by atoms with E-state index in [2.05, 4.69) is 10.3 Å². The van der Waals surface area contributed by atoms with Crippen molar-refractivity contribution in [2.24, 2.45) is 0 Å². The number of nitrogens with zero attached hydrogens (tertiary/aromatic N) is 2. The summed E-state index contributed by atoms with van der Waals surface area (Å²) in [5.41, 5.74) is 1.97. The summed E-state index contributed by atoms with van der Waals surface area (Å²) >= 11 is 5.79. The van der Waals surface area contributed by atoms with Crippen molar-refractivity contribution < 1.29 is 4.39 Å². The molecule has 88 valence electrons. The van der Waals surface area contributed by atoms with Gasteiger partial charge in [-0.15, -0.1) is 0 Å². The van der Waals surface area contributed by atoms with Gasteiger partial charge in [-0.05, 0) is 18.2 Å². The first kappa shape index (κ1) is 10.7. The lowest BCUT2D eigenvalue weighted by Crippen LogP contribution is -2.40. The highest BCUT2D eigenvalue weighted by atomic mass is 35.5. The Bertz CT molecular complexity index is 548. The Morgan fingerprint density at radius 1 is 1.41 bits per heavy atom. The smallest absolute Gasteiger partial charge is 0.141 e. The maximum atomic E-state index is 13.1. The van der Waals surface area contributed by atoms with Gasteiger partial charge in [-0.1, -0.05) is 11.6 Å². The first-order valence-electron chi connectivity index (χ1n) is 5.44. The molecule has 5 heteroatoms. The molecular weight excluding hydrogens is 241 g/mol. The van der Waals surface area contributed by atoms with Crippen LogP contribution < -0.4 is 5.32 Å². The summed E-state index contributed by atoms with van der Waals surface area (Å²) in [6, 6.07) is 4.70. The van der Waals surface area contributed by atoms with E-state index in [9.17, 15) is 4.39 Å². The second kappa shape index (κ2) is 4.13. The van der Waals surface area contributed by atoms with Crippen LogP contribution in [0.1, 0.15) is 11.6 Å². The standard InChI is InChI=1S/C12H11ClFN3/c13-10-3-9(1-2-11(10)14)17-7-16-6-12(17)8-4-15-5-8/h1-3,6-8,15H,4-5H2. The average molecular weight is 252 g/mol. The van der Waals surface area contributed by atoms with Gasteiger partial charge in [0.15, 0.2) is 0 Å². The molecular formula is C12H11ClFN3. The van der Waals surface area contributed by atoms with Gasteiger partial charge in [-0.3, -0.25) is 0 Å². The van der Waals surface area contributed by atoms with Crippen LogP contribution in [0.4, 0.5) is 4.39 Å². The fourth-order valence-corrected chi connectivity index (χ4v) is 2.13. The lowest BCUT2D eigenvalue weighted by molar-refractivity contribution is 0.435. The van der Waals surface area contributed by atoms with E-state index in [-0.39, 0.29) is 5.02 Å². The van der Waals surface area contributed by atoms with Crippen LogP contribution in [0.2, 0.25) is 5.02 Å². The second-order valence-electron chi connectivity index (χ2n) is 4.14. The van der Waals surface area contributed by atoms with Gasteiger partial charge in [0.1, 0.15) is 5.82 Å². The van der Waals surface area contributed by atoms with Gasteiger partial charge in [-0.25, -0.2) is 9.37 Å². The first-order valence-corrected chi connectivity index (χ1v) is 5.82. The number of imidazole rings is 1. The monoisotopic (exact) mass is 251 g/mol. The van der Waals surface area contributed by atoms with Gasteiger partial charge in [0.05, 0.1) is 11.3 Å². The van der Waals surface area contributed by atoms with Crippen molar-refractivity contribution in [3.8, 4) is 5.69 Å². The highest BCUT2D eigenvalue weighted by Crippen LogP contribution is 2.25. The fourth-order valence-electron chi connectivity index (χ4n) is 1.96. The number of aromatic nitrogens is 2. The predicted molar refractivity (Wildman–Crippen MR) is 64.1 cm³/mol. The summed E-state index contributed by atoms with van der Waals surface area (Å²) < 4.78 is 15.1. The molecule has 17 heavy (non-hydrogen) atoms. The normalized spacial score (nSPS) is 15.9. The summed E-state index contributed by atoms with van der Waals surface area (Å²) in [7, 11) is 0. The van der Waals surface area contributed by atoms with Gasteiger partial charge in [0.25, 0.3) is 0 Å². The molecule has 2 aromatic rings. The van der Waals surface area contributed by atoms with E-state index in [1.54, 1.807) is 18.5 Å². The lowest BCUT2D eigenvalue weighted by atomic mass is 10.00. The van der Waals surface area contributed by atoms with Crippen LogP contribution >= 0.6 is 11.6 Å². The summed E-state index contributed by atoms with van der Waals surface area (Å²) in [6.07, 6.45) is 3.58. The zero-order valence-electron chi connectivity index (χ0n) is 9.03. The van der Waals surface area contributed by atoms with E-state index in [1.807, 2.05) is 10.8 Å². The minimum absolute atomic E-state index is 0.133. The number of benzene rings is 1. The van der Waals surface area contributed by atoms with Crippen LogP contribution in [-0.2, 0) is 0 Å². The molecule has 1 N–H and O–H groups in total. The molecule has 0 spiro atoms. The summed E-state index contributed by atoms with van der Waals surface area (Å²) in [5, 5.41) is 3.35. The van der Waals surface area contributed by atoms with E-state index >= 15 is 0 Å². The van der Waals surface area contributed by atoms with Crippen LogP contribution in [0.3, 0.4) is 0 Å². The van der Waals surface area contributed by atoms with Crippen molar-refractivity contribution in [1.29, 1.82) is 0 Å². The summed E-state index contributed by atoms with van der Waals surface area (Å²) in [5.74, 6) is 0.0729. The molecule has 0 saturated carbocycles. The zero-order valence-corrected chi connectivity index (χ0v) is 9.78. The third kappa shape index (κ3) is 1.83. The number of halogens is 2. The number of hydrogen-bond donors (Lipinski definition) is 1. The highest BCUT2D eigenvalue weighted by molar-refractivity contribution is 6.30. The molecule has 3 rings (SSSR count). The average Bonchev–Trinajstić information content (AvgIpc) is 2.68. The fraction of sp³-hybridized carbons (Fsp3) is 0.250. The van der Waals surface area contributed by atoms with Crippen molar-refractivity contribution in [2.45, 2.75) is 5.92 Å². The Labute approximate surface area is 103 Å². The molecule has 0 amide bonds. The number of rotatable bonds is 2. The molecule has 0 atom stereocenters. The first-order chi connectivity index (χ1) is 8.25. The van der Waals surface area contributed by atoms with Gasteiger partial charge in [-0.2, -0.15) is 0 Å². The molecule has 1 aromatic carbocycles. The highest BCUT2D eigenvalue weighted by Gasteiger charge is 2.22. The van der Waals surface area contributed by atoms with Crippen LogP contribution in [-0.4, -0.2) is 22.6 Å². The molecule has 1 aromatic heterocycles. The maximum absolute atomic E-state index is 13.1. The molecule has 0 aliphatic carbocycles. The van der Waals surface area contributed by atoms with Crippen LogP contribution in [0.5, 0.6) is 0 Å². The lowest BCUT2D eigenvalue weighted by Gasteiger charge is -2.27. The Hall–Kier alpha value is -1.39. The molecule has 1 saturated heterocycles. The Morgan fingerprint density at radius 2 is 2.24 bits per heavy atom. The number of hydrogen-bond acceptors (Lipinski definition) is 2. The minimum atomic E-state index is -0.401. The molecule has 1 fully saturated rings. The van der Waals surface area contributed by atoms with E-state index in [0.717, 1.165) is 24.5 Å². The van der Waals surface area contributed by atoms with Crippen molar-refractivity contribution in [2.75, 3.05) is 13.1 Å². The van der Waals surface area contributed by atoms with Crippen molar-refractivity contribution in [3.63, 3.8) is 0 Å². The van der Waals surface area contributed by atoms with E-state index in [4.69, 9.17) is 11.6 Å².